The van der Waals surface area contributed by atoms with E-state index in [1.54, 1.807) is 23.5 Å². The molecule has 1 saturated heterocycles. The third-order valence-corrected chi connectivity index (χ3v) is 5.01. The van der Waals surface area contributed by atoms with Crippen molar-refractivity contribution in [3.63, 3.8) is 0 Å². The first-order chi connectivity index (χ1) is 10.1. The van der Waals surface area contributed by atoms with Crippen LogP contribution in [0.5, 0.6) is 0 Å². The highest BCUT2D eigenvalue weighted by atomic mass is 32.1. The van der Waals surface area contributed by atoms with E-state index in [-0.39, 0.29) is 11.9 Å². The molecule has 5 heteroatoms. The molecule has 0 amide bonds. The number of piperidine rings is 1. The highest BCUT2D eigenvalue weighted by molar-refractivity contribution is 7.14. The molecule has 1 aliphatic heterocycles. The maximum absolute atomic E-state index is 13.0. The quantitative estimate of drug-likeness (QED) is 0.943. The normalized spacial score (nSPS) is 20.5. The van der Waals surface area contributed by atoms with Gasteiger partial charge in [-0.3, -0.25) is 0 Å². The summed E-state index contributed by atoms with van der Waals surface area (Å²) >= 11 is 1.65. The van der Waals surface area contributed by atoms with E-state index in [0.717, 1.165) is 35.9 Å². The molecule has 0 spiro atoms. The standard InChI is InChI=1S/C16H20FN3S/c1-11(18)13-3-2-8-20(9-13)16-19-15(10-21-16)12-4-6-14(17)7-5-12/h4-7,10-11,13H,2-3,8-9,18H2,1H3. The Morgan fingerprint density at radius 2 is 2.14 bits per heavy atom. The lowest BCUT2D eigenvalue weighted by Crippen LogP contribution is -2.42. The van der Waals surface area contributed by atoms with Gasteiger partial charge in [0.15, 0.2) is 5.13 Å². The van der Waals surface area contributed by atoms with Crippen molar-refractivity contribution >= 4 is 16.5 Å². The highest BCUT2D eigenvalue weighted by Crippen LogP contribution is 2.30. The van der Waals surface area contributed by atoms with Crippen molar-refractivity contribution in [2.24, 2.45) is 11.7 Å². The lowest BCUT2D eigenvalue weighted by atomic mass is 9.92. The summed E-state index contributed by atoms with van der Waals surface area (Å²) in [7, 11) is 0. The molecule has 3 nitrogen and oxygen atoms in total. The molecule has 2 N–H and O–H groups in total. The van der Waals surface area contributed by atoms with Crippen molar-refractivity contribution in [3.8, 4) is 11.3 Å². The fraction of sp³-hybridized carbons (Fsp3) is 0.438. The summed E-state index contributed by atoms with van der Waals surface area (Å²) in [6.07, 6.45) is 2.36. The zero-order valence-corrected chi connectivity index (χ0v) is 12.9. The fourth-order valence-corrected chi connectivity index (χ4v) is 3.65. The molecule has 2 heterocycles. The van der Waals surface area contributed by atoms with E-state index in [1.165, 1.54) is 18.6 Å². The zero-order chi connectivity index (χ0) is 14.8. The SMILES string of the molecule is CC(N)C1CCCN(c2nc(-c3ccc(F)cc3)cs2)C1. The number of rotatable bonds is 3. The number of nitrogens with two attached hydrogens (primary N) is 1. The number of halogens is 1. The molecule has 1 aliphatic rings. The second kappa shape index (κ2) is 6.12. The Morgan fingerprint density at radius 1 is 1.38 bits per heavy atom. The second-order valence-electron chi connectivity index (χ2n) is 5.73. The monoisotopic (exact) mass is 305 g/mol. The van der Waals surface area contributed by atoms with Crippen molar-refractivity contribution in [1.82, 2.24) is 4.98 Å². The number of nitrogens with zero attached hydrogens (tertiary/aromatic N) is 2. The molecule has 1 aromatic carbocycles. The number of thiazole rings is 1. The van der Waals surface area contributed by atoms with Gasteiger partial charge in [0, 0.05) is 30.1 Å². The van der Waals surface area contributed by atoms with Crippen molar-refractivity contribution in [1.29, 1.82) is 0 Å². The largest absolute Gasteiger partial charge is 0.348 e. The molecule has 0 bridgehead atoms. The minimum absolute atomic E-state index is 0.218. The number of hydrogen-bond acceptors (Lipinski definition) is 4. The van der Waals surface area contributed by atoms with Crippen LogP contribution in [0.1, 0.15) is 19.8 Å². The molecule has 3 rings (SSSR count). The van der Waals surface area contributed by atoms with Crippen LogP contribution in [0.3, 0.4) is 0 Å². The number of anilines is 1. The summed E-state index contributed by atoms with van der Waals surface area (Å²) in [4.78, 5) is 7.04. The van der Waals surface area contributed by atoms with Gasteiger partial charge in [0.1, 0.15) is 5.82 Å². The molecule has 2 unspecified atom stereocenters. The van der Waals surface area contributed by atoms with Gasteiger partial charge in [-0.05, 0) is 49.9 Å². The summed E-state index contributed by atoms with van der Waals surface area (Å²) in [6.45, 7) is 4.10. The van der Waals surface area contributed by atoms with Gasteiger partial charge in [-0.15, -0.1) is 11.3 Å². The molecule has 1 fully saturated rings. The Kier molecular flexibility index (Phi) is 4.22. The molecular weight excluding hydrogens is 285 g/mol. The minimum atomic E-state index is -0.218. The summed E-state index contributed by atoms with van der Waals surface area (Å²) in [5.41, 5.74) is 7.91. The Labute approximate surface area is 128 Å². The predicted octanol–water partition coefficient (Wildman–Crippen LogP) is 3.51. The van der Waals surface area contributed by atoms with Crippen LogP contribution in [-0.4, -0.2) is 24.1 Å². The predicted molar refractivity (Wildman–Crippen MR) is 86.1 cm³/mol. The van der Waals surface area contributed by atoms with Crippen LogP contribution in [-0.2, 0) is 0 Å². The molecule has 0 radical (unpaired) electrons. The third-order valence-electron chi connectivity index (χ3n) is 4.10. The van der Waals surface area contributed by atoms with Crippen molar-refractivity contribution in [2.75, 3.05) is 18.0 Å². The number of benzene rings is 1. The molecule has 2 atom stereocenters. The molecule has 112 valence electrons. The highest BCUT2D eigenvalue weighted by Gasteiger charge is 2.24. The number of hydrogen-bond donors (Lipinski definition) is 1. The average Bonchev–Trinajstić information content (AvgIpc) is 2.98. The second-order valence-corrected chi connectivity index (χ2v) is 6.57. The zero-order valence-electron chi connectivity index (χ0n) is 12.1. The molecule has 1 aromatic heterocycles. The minimum Gasteiger partial charge on any atom is -0.348 e. The molecule has 21 heavy (non-hydrogen) atoms. The Bertz CT molecular complexity index is 594. The van der Waals surface area contributed by atoms with E-state index in [2.05, 4.69) is 11.8 Å². The Morgan fingerprint density at radius 3 is 2.86 bits per heavy atom. The van der Waals surface area contributed by atoms with E-state index in [9.17, 15) is 4.39 Å². The van der Waals surface area contributed by atoms with E-state index in [0.29, 0.717) is 5.92 Å². The lowest BCUT2D eigenvalue weighted by Gasteiger charge is -2.34. The van der Waals surface area contributed by atoms with Gasteiger partial charge in [0.25, 0.3) is 0 Å². The first kappa shape index (κ1) is 14.5. The van der Waals surface area contributed by atoms with Crippen LogP contribution in [0.15, 0.2) is 29.6 Å². The van der Waals surface area contributed by atoms with Crippen LogP contribution in [0, 0.1) is 11.7 Å². The van der Waals surface area contributed by atoms with Gasteiger partial charge in [-0.1, -0.05) is 0 Å². The number of aromatic nitrogens is 1. The van der Waals surface area contributed by atoms with Crippen LogP contribution in [0.2, 0.25) is 0 Å². The van der Waals surface area contributed by atoms with Crippen molar-refractivity contribution < 1.29 is 4.39 Å². The average molecular weight is 305 g/mol. The van der Waals surface area contributed by atoms with Crippen LogP contribution < -0.4 is 10.6 Å². The smallest absolute Gasteiger partial charge is 0.185 e. The van der Waals surface area contributed by atoms with Gasteiger partial charge in [-0.25, -0.2) is 9.37 Å². The van der Waals surface area contributed by atoms with E-state index in [1.807, 2.05) is 5.38 Å². The first-order valence-corrected chi connectivity index (χ1v) is 8.23. The van der Waals surface area contributed by atoms with Gasteiger partial charge < -0.3 is 10.6 Å². The van der Waals surface area contributed by atoms with Crippen molar-refractivity contribution in [2.45, 2.75) is 25.8 Å². The van der Waals surface area contributed by atoms with E-state index in [4.69, 9.17) is 10.7 Å². The maximum atomic E-state index is 13.0. The summed E-state index contributed by atoms with van der Waals surface area (Å²) in [6, 6.07) is 6.72. The van der Waals surface area contributed by atoms with Crippen molar-refractivity contribution in [3.05, 3.63) is 35.5 Å². The molecule has 0 aliphatic carbocycles. The Balaban J connectivity index is 1.77. The Hall–Kier alpha value is -1.46. The van der Waals surface area contributed by atoms with E-state index < -0.39 is 0 Å². The topological polar surface area (TPSA) is 42.1 Å². The summed E-state index contributed by atoms with van der Waals surface area (Å²) in [5, 5.41) is 3.08. The van der Waals surface area contributed by atoms with Gasteiger partial charge in [-0.2, -0.15) is 0 Å². The van der Waals surface area contributed by atoms with Crippen LogP contribution in [0.25, 0.3) is 11.3 Å². The van der Waals surface area contributed by atoms with E-state index >= 15 is 0 Å². The summed E-state index contributed by atoms with van der Waals surface area (Å²) < 4.78 is 13.0. The summed E-state index contributed by atoms with van der Waals surface area (Å²) in [5.74, 6) is 0.321. The van der Waals surface area contributed by atoms with Crippen LogP contribution in [0.4, 0.5) is 9.52 Å². The molecule has 2 aromatic rings. The lowest BCUT2D eigenvalue weighted by molar-refractivity contribution is 0.364. The first-order valence-electron chi connectivity index (χ1n) is 7.35. The fourth-order valence-electron chi connectivity index (χ4n) is 2.78. The van der Waals surface area contributed by atoms with Gasteiger partial charge in [0.05, 0.1) is 5.69 Å². The molecular formula is C16H20FN3S. The third kappa shape index (κ3) is 3.24. The van der Waals surface area contributed by atoms with Gasteiger partial charge in [0.2, 0.25) is 0 Å². The maximum Gasteiger partial charge on any atom is 0.185 e. The molecule has 0 saturated carbocycles. The van der Waals surface area contributed by atoms with Crippen LogP contribution >= 0.6 is 11.3 Å². The van der Waals surface area contributed by atoms with Gasteiger partial charge >= 0.3 is 0 Å².